The van der Waals surface area contributed by atoms with Crippen molar-refractivity contribution >= 4 is 11.9 Å². The summed E-state index contributed by atoms with van der Waals surface area (Å²) in [4.78, 5) is 52.7. The molecule has 4 heterocycles. The summed E-state index contributed by atoms with van der Waals surface area (Å²) in [6.07, 6.45) is 0.776. The molecule has 1 saturated heterocycles. The van der Waals surface area contributed by atoms with Crippen molar-refractivity contribution in [2.75, 3.05) is 27.3 Å². The second-order valence-corrected chi connectivity index (χ2v) is 11.7. The highest BCUT2D eigenvalue weighted by atomic mass is 16.5. The van der Waals surface area contributed by atoms with Gasteiger partial charge in [-0.25, -0.2) is 4.79 Å². The number of ether oxygens (including phenoxy) is 3. The number of methoxy groups -OCH3 is 2. The first-order valence-electron chi connectivity index (χ1n) is 15.0. The van der Waals surface area contributed by atoms with Gasteiger partial charge < -0.3 is 28.3 Å². The molecule has 0 radical (unpaired) electrons. The van der Waals surface area contributed by atoms with Crippen molar-refractivity contribution in [1.82, 2.24) is 9.47 Å². The predicted octanol–water partition coefficient (Wildman–Crippen LogP) is 4.05. The van der Waals surface area contributed by atoms with Gasteiger partial charge in [0, 0.05) is 43.4 Å². The van der Waals surface area contributed by atoms with Gasteiger partial charge in [0.2, 0.25) is 11.2 Å². The van der Waals surface area contributed by atoms with E-state index in [1.807, 2.05) is 10.6 Å². The van der Waals surface area contributed by atoms with Crippen LogP contribution in [-0.2, 0) is 22.6 Å². The Hall–Kier alpha value is -5.16. The molecule has 238 valence electrons. The van der Waals surface area contributed by atoms with Gasteiger partial charge in [0.15, 0.2) is 5.76 Å². The number of piperidine rings is 1. The summed E-state index contributed by atoms with van der Waals surface area (Å²) in [5, 5.41) is 10.9. The molecule has 1 fully saturated rings. The third kappa shape index (κ3) is 6.45. The van der Waals surface area contributed by atoms with E-state index in [0.717, 1.165) is 18.7 Å². The normalized spacial score (nSPS) is 17.9. The number of rotatable bonds is 9. The predicted molar refractivity (Wildman–Crippen MR) is 166 cm³/mol. The molecule has 1 N–H and O–H groups in total. The molecule has 0 amide bonds. The van der Waals surface area contributed by atoms with Gasteiger partial charge in [0.1, 0.15) is 17.3 Å². The zero-order valence-electron chi connectivity index (χ0n) is 25.5. The topological polar surface area (TPSA) is 138 Å². The van der Waals surface area contributed by atoms with E-state index >= 15 is 0 Å². The number of aromatic hydroxyl groups is 1. The smallest absolute Gasteiger partial charge is 0.343 e. The van der Waals surface area contributed by atoms with E-state index in [1.54, 1.807) is 60.7 Å². The molecular formula is C35H34N2O9. The molecule has 2 aromatic carbocycles. The Morgan fingerprint density at radius 1 is 0.957 bits per heavy atom. The lowest BCUT2D eigenvalue weighted by molar-refractivity contribution is -0.140. The van der Waals surface area contributed by atoms with E-state index in [1.165, 1.54) is 20.3 Å². The van der Waals surface area contributed by atoms with Gasteiger partial charge in [-0.15, -0.1) is 0 Å². The monoisotopic (exact) mass is 626 g/mol. The van der Waals surface area contributed by atoms with Crippen LogP contribution in [0.4, 0.5) is 0 Å². The summed E-state index contributed by atoms with van der Waals surface area (Å²) in [6.45, 7) is 2.36. The molecule has 4 aromatic rings. The Morgan fingerprint density at radius 2 is 1.70 bits per heavy atom. The second-order valence-electron chi connectivity index (χ2n) is 11.7. The molecule has 6 rings (SSSR count). The average molecular weight is 627 g/mol. The van der Waals surface area contributed by atoms with E-state index in [2.05, 4.69) is 4.90 Å². The van der Waals surface area contributed by atoms with Crippen molar-refractivity contribution in [3.05, 3.63) is 122 Å². The van der Waals surface area contributed by atoms with Crippen LogP contribution in [0.5, 0.6) is 17.2 Å². The summed E-state index contributed by atoms with van der Waals surface area (Å²) < 4.78 is 23.6. The Morgan fingerprint density at radius 3 is 2.41 bits per heavy atom. The van der Waals surface area contributed by atoms with Crippen LogP contribution < -0.4 is 20.5 Å². The van der Waals surface area contributed by atoms with Crippen molar-refractivity contribution in [2.45, 2.75) is 37.8 Å². The molecule has 2 aromatic heterocycles. The molecule has 46 heavy (non-hydrogen) atoms. The minimum Gasteiger partial charge on any atom is -0.502 e. The molecule has 3 atom stereocenters. The summed E-state index contributed by atoms with van der Waals surface area (Å²) in [5.74, 6) is -0.941. The fourth-order valence-electron chi connectivity index (χ4n) is 6.49. The van der Waals surface area contributed by atoms with E-state index in [4.69, 9.17) is 18.6 Å². The van der Waals surface area contributed by atoms with Crippen LogP contribution in [0.2, 0.25) is 0 Å². The van der Waals surface area contributed by atoms with Gasteiger partial charge in [-0.1, -0.05) is 18.2 Å². The van der Waals surface area contributed by atoms with Gasteiger partial charge in [-0.3, -0.25) is 19.3 Å². The van der Waals surface area contributed by atoms with Gasteiger partial charge in [-0.05, 0) is 60.4 Å². The van der Waals surface area contributed by atoms with Crippen LogP contribution in [0.3, 0.4) is 0 Å². The van der Waals surface area contributed by atoms with Crippen molar-refractivity contribution in [2.24, 2.45) is 5.92 Å². The van der Waals surface area contributed by atoms with Crippen LogP contribution in [-0.4, -0.2) is 53.8 Å². The highest BCUT2D eigenvalue weighted by Crippen LogP contribution is 2.37. The number of esters is 2. The van der Waals surface area contributed by atoms with Gasteiger partial charge in [-0.2, -0.15) is 0 Å². The number of hydrogen-bond donors (Lipinski definition) is 1. The largest absolute Gasteiger partial charge is 0.502 e. The Bertz CT molecular complexity index is 1860. The van der Waals surface area contributed by atoms with E-state index < -0.39 is 29.0 Å². The zero-order chi connectivity index (χ0) is 32.4. The molecule has 2 bridgehead atoms. The number of hydrogen-bond acceptors (Lipinski definition) is 10. The van der Waals surface area contributed by atoms with Crippen molar-refractivity contribution in [1.29, 1.82) is 0 Å². The van der Waals surface area contributed by atoms with Crippen LogP contribution in [0, 0.1) is 5.92 Å². The van der Waals surface area contributed by atoms with E-state index in [0.29, 0.717) is 42.3 Å². The third-order valence-electron chi connectivity index (χ3n) is 8.67. The maximum atomic E-state index is 13.0. The number of fused-ring (bicyclic) bond motifs is 4. The molecule has 2 aliphatic rings. The second kappa shape index (κ2) is 13.1. The first-order chi connectivity index (χ1) is 22.2. The number of benzene rings is 2. The van der Waals surface area contributed by atoms with Crippen molar-refractivity contribution in [3.8, 4) is 17.2 Å². The van der Waals surface area contributed by atoms with Crippen LogP contribution in [0.15, 0.2) is 86.8 Å². The number of nitrogens with zero attached hydrogens (tertiary/aromatic N) is 2. The van der Waals surface area contributed by atoms with Gasteiger partial charge >= 0.3 is 11.9 Å². The minimum atomic E-state index is -0.856. The summed E-state index contributed by atoms with van der Waals surface area (Å²) in [6, 6.07) is 19.6. The van der Waals surface area contributed by atoms with Crippen LogP contribution in [0.25, 0.3) is 0 Å². The number of pyridine rings is 1. The molecule has 11 heteroatoms. The summed E-state index contributed by atoms with van der Waals surface area (Å²) in [7, 11) is 2.79. The molecular weight excluding hydrogens is 592 g/mol. The standard InChI is InChI=1S/C35H34N2O9/c1-43-25-10-8-23(9-11-25)35(42)46-26-12-6-22(7-13-26)28(16-32(40)44-2)34-33(41)30(38)15-27(45-34)20-36-17-21-14-24(19-36)29-4-3-5-31(39)37(29)18-21/h3-13,15,21,24,28,41H,14,16-20H2,1-2H3/t21-,24+,28+/m0/s1. The highest BCUT2D eigenvalue weighted by molar-refractivity contribution is 5.91. The van der Waals surface area contributed by atoms with Crippen molar-refractivity contribution in [3.63, 3.8) is 0 Å². The number of carbonyl (C=O) groups excluding carboxylic acids is 2. The number of likely N-dealkylation sites (tertiary alicyclic amines) is 1. The quantitative estimate of drug-likeness (QED) is 0.214. The highest BCUT2D eigenvalue weighted by Gasteiger charge is 2.35. The van der Waals surface area contributed by atoms with Gasteiger partial charge in [0.05, 0.1) is 38.7 Å². The maximum Gasteiger partial charge on any atom is 0.343 e. The Balaban J connectivity index is 1.23. The lowest BCUT2D eigenvalue weighted by Gasteiger charge is -2.42. The maximum absolute atomic E-state index is 13.0. The molecule has 11 nitrogen and oxygen atoms in total. The summed E-state index contributed by atoms with van der Waals surface area (Å²) in [5.41, 5.74) is 1.28. The number of carbonyl (C=O) groups is 2. The number of aromatic nitrogens is 1. The van der Waals surface area contributed by atoms with Crippen molar-refractivity contribution < 1.29 is 33.3 Å². The SMILES string of the molecule is COC(=O)C[C@H](c1ccc(OC(=O)c2ccc(OC)cc2)cc1)c1oc(CN2C[C@@H]3C[C@H](C2)c2cccc(=O)n2C3)cc(=O)c1O. The van der Waals surface area contributed by atoms with E-state index in [-0.39, 0.29) is 35.3 Å². The summed E-state index contributed by atoms with van der Waals surface area (Å²) >= 11 is 0. The Labute approximate surface area is 264 Å². The fraction of sp³-hybridized carbons (Fsp3) is 0.314. The van der Waals surface area contributed by atoms with Crippen LogP contribution >= 0.6 is 0 Å². The minimum absolute atomic E-state index is 0.00917. The van der Waals surface area contributed by atoms with Crippen LogP contribution in [0.1, 0.15) is 57.8 Å². The van der Waals surface area contributed by atoms with Gasteiger partial charge in [0.25, 0.3) is 5.56 Å². The average Bonchev–Trinajstić information content (AvgIpc) is 3.06. The lowest BCUT2D eigenvalue weighted by Crippen LogP contribution is -2.46. The molecule has 0 unspecified atom stereocenters. The first-order valence-corrected chi connectivity index (χ1v) is 15.0. The first kappa shape index (κ1) is 30.8. The zero-order valence-corrected chi connectivity index (χ0v) is 25.5. The molecule has 0 spiro atoms. The molecule has 2 aliphatic heterocycles. The molecule has 0 saturated carbocycles. The lowest BCUT2D eigenvalue weighted by atomic mass is 9.83. The fourth-order valence-corrected chi connectivity index (χ4v) is 6.49. The molecule has 0 aliphatic carbocycles. The Kier molecular flexibility index (Phi) is 8.76. The van der Waals surface area contributed by atoms with E-state index in [9.17, 15) is 24.3 Å². The third-order valence-corrected chi connectivity index (χ3v) is 8.67.